The molecule has 0 amide bonds. The highest BCUT2D eigenvalue weighted by molar-refractivity contribution is 5.55. The van der Waals surface area contributed by atoms with Crippen LogP contribution >= 0.6 is 0 Å². The maximum absolute atomic E-state index is 6.73. The van der Waals surface area contributed by atoms with Crippen molar-refractivity contribution >= 4 is 0 Å². The van der Waals surface area contributed by atoms with Gasteiger partial charge < -0.3 is 10.5 Å². The Hall–Kier alpha value is -1.88. The fourth-order valence-corrected chi connectivity index (χ4v) is 4.71. The van der Waals surface area contributed by atoms with Gasteiger partial charge in [0, 0.05) is 44.8 Å². The molecule has 0 saturated carbocycles. The zero-order valence-electron chi connectivity index (χ0n) is 17.7. The number of fused-ring (bicyclic) bond motifs is 1. The molecule has 2 aliphatic rings. The van der Waals surface area contributed by atoms with Crippen LogP contribution in [0.4, 0.5) is 0 Å². The number of hydrogen-bond donors (Lipinski definition) is 1. The quantitative estimate of drug-likeness (QED) is 0.882. The lowest BCUT2D eigenvalue weighted by atomic mass is 9.88. The molecule has 4 heteroatoms. The summed E-state index contributed by atoms with van der Waals surface area (Å²) in [5.74, 6) is 1.02. The Bertz CT molecular complexity index is 843. The molecule has 0 aromatic heterocycles. The zero-order valence-corrected chi connectivity index (χ0v) is 17.7. The molecule has 1 saturated heterocycles. The Morgan fingerprint density at radius 2 is 1.64 bits per heavy atom. The number of benzene rings is 2. The Morgan fingerprint density at radius 3 is 2.32 bits per heavy atom. The van der Waals surface area contributed by atoms with Gasteiger partial charge in [-0.1, -0.05) is 36.4 Å². The van der Waals surface area contributed by atoms with Crippen LogP contribution in [0, 0.1) is 20.8 Å². The van der Waals surface area contributed by atoms with E-state index in [0.29, 0.717) is 0 Å². The third-order valence-electron chi connectivity index (χ3n) is 6.59. The summed E-state index contributed by atoms with van der Waals surface area (Å²) in [6.45, 7) is 14.8. The second-order valence-corrected chi connectivity index (χ2v) is 8.81. The molecule has 4 rings (SSSR count). The molecule has 2 unspecified atom stereocenters. The van der Waals surface area contributed by atoms with E-state index in [2.05, 4.69) is 73.9 Å². The van der Waals surface area contributed by atoms with E-state index in [1.807, 2.05) is 0 Å². The third-order valence-corrected chi connectivity index (χ3v) is 6.59. The predicted octanol–water partition coefficient (Wildman–Crippen LogP) is 3.58. The third kappa shape index (κ3) is 3.57. The molecule has 0 aliphatic carbocycles. The van der Waals surface area contributed by atoms with Crippen molar-refractivity contribution in [2.45, 2.75) is 45.9 Å². The lowest BCUT2D eigenvalue weighted by Crippen LogP contribution is -2.54. The highest BCUT2D eigenvalue weighted by atomic mass is 16.5. The molecule has 2 N–H and O–H groups in total. The molecule has 2 aromatic rings. The number of nitrogens with two attached hydrogens (primary N) is 1. The van der Waals surface area contributed by atoms with Crippen molar-refractivity contribution < 1.29 is 4.74 Å². The van der Waals surface area contributed by atoms with E-state index < -0.39 is 0 Å². The van der Waals surface area contributed by atoms with Gasteiger partial charge in [-0.25, -0.2) is 0 Å². The molecule has 1 fully saturated rings. The van der Waals surface area contributed by atoms with E-state index in [1.165, 1.54) is 27.8 Å². The van der Waals surface area contributed by atoms with Crippen LogP contribution in [0.25, 0.3) is 0 Å². The molecule has 2 atom stereocenters. The van der Waals surface area contributed by atoms with Gasteiger partial charge >= 0.3 is 0 Å². The van der Waals surface area contributed by atoms with Crippen molar-refractivity contribution in [2.24, 2.45) is 5.73 Å². The van der Waals surface area contributed by atoms with E-state index in [0.717, 1.165) is 45.0 Å². The van der Waals surface area contributed by atoms with E-state index in [1.54, 1.807) is 0 Å². The van der Waals surface area contributed by atoms with Gasteiger partial charge in [0.25, 0.3) is 0 Å². The van der Waals surface area contributed by atoms with E-state index >= 15 is 0 Å². The summed E-state index contributed by atoms with van der Waals surface area (Å²) in [6.07, 6.45) is 0. The van der Waals surface area contributed by atoms with Crippen molar-refractivity contribution in [1.82, 2.24) is 9.80 Å². The number of rotatable bonds is 4. The molecule has 2 aliphatic heterocycles. The maximum Gasteiger partial charge on any atom is 0.138 e. The molecular formula is C24H33N3O. The van der Waals surface area contributed by atoms with Crippen molar-refractivity contribution in [3.05, 3.63) is 64.2 Å². The molecule has 2 aromatic carbocycles. The minimum Gasteiger partial charge on any atom is -0.484 e. The Morgan fingerprint density at radius 1 is 1.00 bits per heavy atom. The minimum absolute atomic E-state index is 0.0795. The molecular weight excluding hydrogens is 346 g/mol. The number of hydrogen-bond acceptors (Lipinski definition) is 4. The first-order valence-electron chi connectivity index (χ1n) is 10.4. The average molecular weight is 380 g/mol. The van der Waals surface area contributed by atoms with Gasteiger partial charge in [0.05, 0.1) is 6.04 Å². The molecule has 0 spiro atoms. The number of piperazine rings is 1. The maximum atomic E-state index is 6.73. The van der Waals surface area contributed by atoms with Gasteiger partial charge in [-0.2, -0.15) is 0 Å². The van der Waals surface area contributed by atoms with Crippen LogP contribution in [0.15, 0.2) is 36.4 Å². The van der Waals surface area contributed by atoms with Crippen LogP contribution < -0.4 is 10.5 Å². The van der Waals surface area contributed by atoms with Gasteiger partial charge in [-0.3, -0.25) is 9.80 Å². The van der Waals surface area contributed by atoms with Crippen LogP contribution in [0.1, 0.15) is 40.8 Å². The second-order valence-electron chi connectivity index (χ2n) is 8.81. The summed E-state index contributed by atoms with van der Waals surface area (Å²) in [4.78, 5) is 5.06. The largest absolute Gasteiger partial charge is 0.484 e. The van der Waals surface area contributed by atoms with E-state index in [4.69, 9.17) is 10.5 Å². The van der Waals surface area contributed by atoms with Gasteiger partial charge in [-0.05, 0) is 49.9 Å². The summed E-state index contributed by atoms with van der Waals surface area (Å²) in [6, 6.07) is 12.9. The summed E-state index contributed by atoms with van der Waals surface area (Å²) in [5, 5.41) is 0. The summed E-state index contributed by atoms with van der Waals surface area (Å²) < 4.78 is 6.54. The summed E-state index contributed by atoms with van der Waals surface area (Å²) in [5.41, 5.74) is 12.7. The Kier molecular flexibility index (Phi) is 5.21. The summed E-state index contributed by atoms with van der Waals surface area (Å²) in [7, 11) is 0. The first-order valence-corrected chi connectivity index (χ1v) is 10.4. The molecule has 2 heterocycles. The Labute approximate surface area is 169 Å². The van der Waals surface area contributed by atoms with E-state index in [9.17, 15) is 0 Å². The topological polar surface area (TPSA) is 41.7 Å². The first kappa shape index (κ1) is 19.4. The van der Waals surface area contributed by atoms with Crippen molar-refractivity contribution in [3.63, 3.8) is 0 Å². The lowest BCUT2D eigenvalue weighted by Gasteiger charge is -2.40. The van der Waals surface area contributed by atoms with Gasteiger partial charge in [0.1, 0.15) is 11.4 Å². The van der Waals surface area contributed by atoms with Gasteiger partial charge in [0.2, 0.25) is 0 Å². The number of aryl methyl sites for hydroxylation is 2. The average Bonchev–Trinajstić information content (AvgIpc) is 2.94. The van der Waals surface area contributed by atoms with Crippen molar-refractivity contribution in [2.75, 3.05) is 32.7 Å². The Balaban J connectivity index is 1.40. The minimum atomic E-state index is -0.368. The molecule has 150 valence electrons. The highest BCUT2D eigenvalue weighted by Crippen LogP contribution is 2.46. The van der Waals surface area contributed by atoms with E-state index in [-0.39, 0.29) is 11.6 Å². The summed E-state index contributed by atoms with van der Waals surface area (Å²) >= 11 is 0. The predicted molar refractivity (Wildman–Crippen MR) is 115 cm³/mol. The number of ether oxygens (including phenoxy) is 1. The molecule has 0 bridgehead atoms. The van der Waals surface area contributed by atoms with Crippen molar-refractivity contribution in [3.8, 4) is 5.75 Å². The molecule has 28 heavy (non-hydrogen) atoms. The van der Waals surface area contributed by atoms with Crippen molar-refractivity contribution in [1.29, 1.82) is 0 Å². The SMILES string of the molecule is Cc1cc(C)c2c(c1C)OC(C)(CN1CCN(Cc3ccccc3)CC1)C2N. The fraction of sp³-hybridized carbons (Fsp3) is 0.500. The van der Waals surface area contributed by atoms with Crippen LogP contribution in [-0.2, 0) is 6.54 Å². The smallest absolute Gasteiger partial charge is 0.138 e. The number of nitrogens with zero attached hydrogens (tertiary/aromatic N) is 2. The van der Waals surface area contributed by atoms with Gasteiger partial charge in [-0.15, -0.1) is 0 Å². The zero-order chi connectivity index (χ0) is 19.9. The lowest BCUT2D eigenvalue weighted by molar-refractivity contribution is 0.0216. The van der Waals surface area contributed by atoms with Crippen LogP contribution in [0.5, 0.6) is 5.75 Å². The van der Waals surface area contributed by atoms with Crippen LogP contribution in [0.2, 0.25) is 0 Å². The monoisotopic (exact) mass is 379 g/mol. The molecule has 4 nitrogen and oxygen atoms in total. The second kappa shape index (κ2) is 7.51. The highest BCUT2D eigenvalue weighted by Gasteiger charge is 2.45. The standard InChI is InChI=1S/C24H33N3O/c1-17-14-18(2)21-22(19(17)3)28-24(4,23(21)25)16-27-12-10-26(11-13-27)15-20-8-6-5-7-9-20/h5-9,14,23H,10-13,15-16,25H2,1-4H3. The molecule has 0 radical (unpaired) electrons. The van der Waals surface area contributed by atoms with Gasteiger partial charge in [0.15, 0.2) is 0 Å². The first-order chi connectivity index (χ1) is 13.4. The normalized spacial score (nSPS) is 25.5. The van der Waals surface area contributed by atoms with Crippen LogP contribution in [0.3, 0.4) is 0 Å². The van der Waals surface area contributed by atoms with Crippen LogP contribution in [-0.4, -0.2) is 48.1 Å². The fourth-order valence-electron chi connectivity index (χ4n) is 4.71.